The van der Waals surface area contributed by atoms with E-state index in [2.05, 4.69) is 27.3 Å². The van der Waals surface area contributed by atoms with Gasteiger partial charge in [-0.2, -0.15) is 0 Å². The highest BCUT2D eigenvalue weighted by atomic mass is 35.5. The third-order valence-electron chi connectivity index (χ3n) is 5.75. The van der Waals surface area contributed by atoms with E-state index in [0.717, 1.165) is 31.4 Å². The van der Waals surface area contributed by atoms with E-state index < -0.39 is 0 Å². The summed E-state index contributed by atoms with van der Waals surface area (Å²) in [5.74, 6) is 0.293. The van der Waals surface area contributed by atoms with Crippen molar-refractivity contribution in [3.63, 3.8) is 0 Å². The summed E-state index contributed by atoms with van der Waals surface area (Å²) in [7, 11) is 0. The van der Waals surface area contributed by atoms with Crippen LogP contribution in [0.2, 0.25) is 4.34 Å². The molecule has 2 heterocycles. The number of thiophene rings is 1. The number of hydrogen-bond acceptors (Lipinski definition) is 5. The second-order valence-corrected chi connectivity index (χ2v) is 9.36. The van der Waals surface area contributed by atoms with Gasteiger partial charge in [0, 0.05) is 0 Å². The van der Waals surface area contributed by atoms with Crippen molar-refractivity contribution in [1.29, 1.82) is 0 Å². The smallest absolute Gasteiger partial charge is 0.261 e. The lowest BCUT2D eigenvalue weighted by molar-refractivity contribution is 0.0915. The minimum atomic E-state index is -0.125. The number of nitrogens with one attached hydrogen (secondary N) is 1. The summed E-state index contributed by atoms with van der Waals surface area (Å²) in [5.41, 5.74) is 0.781. The summed E-state index contributed by atoms with van der Waals surface area (Å²) in [5, 5.41) is 12.0. The quantitative estimate of drug-likeness (QED) is 0.700. The number of aromatic nitrogens is 3. The lowest BCUT2D eigenvalue weighted by atomic mass is 9.82. The number of hydrogen-bond donors (Lipinski definition) is 1. The third kappa shape index (κ3) is 3.94. The van der Waals surface area contributed by atoms with Gasteiger partial charge in [0.2, 0.25) is 0 Å². The zero-order valence-corrected chi connectivity index (χ0v) is 16.8. The van der Waals surface area contributed by atoms with Gasteiger partial charge in [0.05, 0.1) is 33.5 Å². The molecule has 2 saturated carbocycles. The predicted molar refractivity (Wildman–Crippen MR) is 108 cm³/mol. The van der Waals surface area contributed by atoms with E-state index in [1.54, 1.807) is 12.1 Å². The van der Waals surface area contributed by atoms with Crippen LogP contribution in [0.15, 0.2) is 23.3 Å². The Kier molecular flexibility index (Phi) is 5.32. The van der Waals surface area contributed by atoms with Crippen molar-refractivity contribution in [2.45, 2.75) is 56.5 Å². The molecule has 144 valence electrons. The van der Waals surface area contributed by atoms with Gasteiger partial charge in [-0.1, -0.05) is 36.1 Å². The number of amides is 1. The normalized spacial score (nSPS) is 20.2. The molecule has 1 amide bonds. The van der Waals surface area contributed by atoms with Gasteiger partial charge in [-0.25, -0.2) is 4.68 Å². The van der Waals surface area contributed by atoms with Gasteiger partial charge < -0.3 is 5.32 Å². The van der Waals surface area contributed by atoms with Gasteiger partial charge in [0.15, 0.2) is 0 Å². The summed E-state index contributed by atoms with van der Waals surface area (Å²) in [6, 6.07) is 3.40. The van der Waals surface area contributed by atoms with Crippen LogP contribution in [-0.2, 0) is 5.54 Å². The molecule has 1 atom stereocenters. The lowest BCUT2D eigenvalue weighted by Gasteiger charge is -2.29. The van der Waals surface area contributed by atoms with Crippen molar-refractivity contribution in [3.8, 4) is 0 Å². The van der Waals surface area contributed by atoms with Crippen LogP contribution in [0.1, 0.15) is 66.4 Å². The molecular formula is C19H24ClN5OS. The zero-order valence-electron chi connectivity index (χ0n) is 15.2. The molecule has 0 aliphatic heterocycles. The van der Waals surface area contributed by atoms with Crippen molar-refractivity contribution in [2.24, 2.45) is 10.9 Å². The first kappa shape index (κ1) is 18.6. The largest absolute Gasteiger partial charge is 0.343 e. The van der Waals surface area contributed by atoms with Crippen LogP contribution in [0.5, 0.6) is 0 Å². The first-order valence-corrected chi connectivity index (χ1v) is 10.7. The number of halogens is 1. The molecule has 6 nitrogen and oxygen atoms in total. The Hall–Kier alpha value is -1.73. The maximum absolute atomic E-state index is 12.8. The second-order valence-electron chi connectivity index (χ2n) is 7.65. The highest BCUT2D eigenvalue weighted by Gasteiger charge is 2.46. The fraction of sp³-hybridized carbons (Fsp3) is 0.579. The van der Waals surface area contributed by atoms with Gasteiger partial charge in [0.1, 0.15) is 5.69 Å². The Labute approximate surface area is 168 Å². The van der Waals surface area contributed by atoms with Crippen LogP contribution in [0.25, 0.3) is 0 Å². The van der Waals surface area contributed by atoms with Crippen molar-refractivity contribution >= 4 is 35.6 Å². The molecule has 0 radical (unpaired) electrons. The van der Waals surface area contributed by atoms with Crippen LogP contribution >= 0.6 is 22.9 Å². The minimum absolute atomic E-state index is 0.0601. The monoisotopic (exact) mass is 405 g/mol. The molecule has 1 N–H and O–H groups in total. The van der Waals surface area contributed by atoms with Crippen molar-refractivity contribution in [2.75, 3.05) is 6.54 Å². The van der Waals surface area contributed by atoms with Gasteiger partial charge in [0.25, 0.3) is 5.91 Å². The Morgan fingerprint density at radius 2 is 2.19 bits per heavy atom. The van der Waals surface area contributed by atoms with E-state index >= 15 is 0 Å². The molecule has 27 heavy (non-hydrogen) atoms. The van der Waals surface area contributed by atoms with Crippen LogP contribution in [0, 0.1) is 5.92 Å². The van der Waals surface area contributed by atoms with Crippen LogP contribution in [-0.4, -0.2) is 34.2 Å². The summed E-state index contributed by atoms with van der Waals surface area (Å²) in [6.45, 7) is 4.28. The van der Waals surface area contributed by atoms with Crippen LogP contribution in [0.3, 0.4) is 0 Å². The molecule has 2 aliphatic carbocycles. The van der Waals surface area contributed by atoms with Crippen molar-refractivity contribution in [1.82, 2.24) is 20.3 Å². The first-order valence-electron chi connectivity index (χ1n) is 9.53. The molecule has 0 bridgehead atoms. The molecule has 0 saturated heterocycles. The average Bonchev–Trinajstić information content (AvgIpc) is 3.08. The summed E-state index contributed by atoms with van der Waals surface area (Å²) in [6.07, 6.45) is 9.94. The van der Waals surface area contributed by atoms with Crippen LogP contribution < -0.4 is 5.32 Å². The lowest BCUT2D eigenvalue weighted by Crippen LogP contribution is -2.34. The molecule has 2 aliphatic rings. The Morgan fingerprint density at radius 3 is 2.81 bits per heavy atom. The molecule has 2 aromatic heterocycles. The average molecular weight is 406 g/mol. The second kappa shape index (κ2) is 7.72. The molecule has 0 spiro atoms. The van der Waals surface area contributed by atoms with Crippen molar-refractivity contribution in [3.05, 3.63) is 33.2 Å². The van der Waals surface area contributed by atoms with E-state index in [1.165, 1.54) is 30.6 Å². The number of carbonyl (C=O) groups is 1. The van der Waals surface area contributed by atoms with E-state index in [9.17, 15) is 4.79 Å². The fourth-order valence-corrected chi connectivity index (χ4v) is 4.96. The van der Waals surface area contributed by atoms with E-state index in [-0.39, 0.29) is 17.5 Å². The molecular weight excluding hydrogens is 382 g/mol. The number of aliphatic imine (C=N–C) groups is 1. The summed E-state index contributed by atoms with van der Waals surface area (Å²) in [4.78, 5) is 17.5. The molecule has 4 rings (SSSR count). The summed E-state index contributed by atoms with van der Waals surface area (Å²) < 4.78 is 2.55. The van der Waals surface area contributed by atoms with Gasteiger partial charge in [-0.15, -0.1) is 16.4 Å². The Morgan fingerprint density at radius 1 is 1.41 bits per heavy atom. The summed E-state index contributed by atoms with van der Waals surface area (Å²) >= 11 is 7.29. The van der Waals surface area contributed by atoms with E-state index in [1.807, 2.05) is 10.9 Å². The SMILES string of the molecule is C=NCC1(n2cc(C(NC(=O)c3ccc(Cl)s3)C3CCCCC3)nn2)CC1. The van der Waals surface area contributed by atoms with Crippen LogP contribution in [0.4, 0.5) is 0 Å². The maximum atomic E-state index is 12.8. The molecule has 1 unspecified atom stereocenters. The number of rotatable bonds is 7. The maximum Gasteiger partial charge on any atom is 0.261 e. The highest BCUT2D eigenvalue weighted by Crippen LogP contribution is 2.44. The topological polar surface area (TPSA) is 72.2 Å². The molecule has 2 aromatic rings. The Balaban J connectivity index is 1.57. The number of nitrogens with zero attached hydrogens (tertiary/aromatic N) is 4. The minimum Gasteiger partial charge on any atom is -0.343 e. The molecule has 8 heteroatoms. The van der Waals surface area contributed by atoms with Gasteiger partial charge >= 0.3 is 0 Å². The molecule has 0 aromatic carbocycles. The zero-order chi connectivity index (χ0) is 18.9. The number of carbonyl (C=O) groups excluding carboxylic acids is 1. The third-order valence-corrected chi connectivity index (χ3v) is 6.98. The predicted octanol–water partition coefficient (Wildman–Crippen LogP) is 4.23. The van der Waals surface area contributed by atoms with Crippen molar-refractivity contribution < 1.29 is 4.79 Å². The fourth-order valence-electron chi connectivity index (χ4n) is 4.01. The van der Waals surface area contributed by atoms with Gasteiger partial charge in [-0.3, -0.25) is 9.79 Å². The van der Waals surface area contributed by atoms with E-state index in [4.69, 9.17) is 11.6 Å². The van der Waals surface area contributed by atoms with Gasteiger partial charge in [-0.05, 0) is 50.5 Å². The Bertz CT molecular complexity index is 822. The molecule has 2 fully saturated rings. The van der Waals surface area contributed by atoms with E-state index in [0.29, 0.717) is 21.7 Å². The highest BCUT2D eigenvalue weighted by molar-refractivity contribution is 7.18. The standard InChI is InChI=1S/C19H24ClN5OS/c1-21-12-19(9-10-19)25-11-14(23-24-25)17(13-5-3-2-4-6-13)22-18(26)15-7-8-16(20)27-15/h7-8,11,13,17H,1-6,9-10,12H2,(H,22,26). The first-order chi connectivity index (χ1) is 13.1.